The number of methoxy groups -OCH3 is 7. The molecule has 1 aliphatic rings. The molecule has 0 aliphatic heterocycles. The van der Waals surface area contributed by atoms with Gasteiger partial charge in [0.25, 0.3) is 0 Å². The number of carboxylic acids is 1. The topological polar surface area (TPSA) is 128 Å². The number of carbonyl (C=O) groups excluding carboxylic acids is 1. The van der Waals surface area contributed by atoms with Gasteiger partial charge in [0, 0.05) is 30.9 Å². The lowest BCUT2D eigenvalue weighted by Gasteiger charge is -2.32. The fourth-order valence-corrected chi connectivity index (χ4v) is 4.35. The number of rotatable bonds is 11. The smallest absolute Gasteiger partial charge is 0.343 e. The zero-order valence-corrected chi connectivity index (χ0v) is 21.5. The van der Waals surface area contributed by atoms with Crippen LogP contribution in [0.4, 0.5) is 0 Å². The van der Waals surface area contributed by atoms with Gasteiger partial charge in [-0.1, -0.05) is 6.07 Å². The van der Waals surface area contributed by atoms with E-state index in [9.17, 15) is 14.7 Å². The Balaban J connectivity index is 2.68. The standard InChI is InChI=1S/C26H28O11/c1-30-12-37-23-18-14(11-27)21(33-4)25(36-7)24(35-6)19(18)17(22(34-5)20(23)26(28)29)13-8-9-15(31-2)16(10-13)32-3/h8-10,21H,12H2,1-7H3,(H,28,29). The SMILES string of the molecule is COCOc1c(C(=O)O)c(OC)c(-c2ccc(OC)c(OC)c2)c2c1C(=C=O)C(OC)C(OC)=C2OC. The molecule has 2 aromatic rings. The second kappa shape index (κ2) is 11.7. The molecule has 0 amide bonds. The van der Waals surface area contributed by atoms with E-state index in [0.717, 1.165) is 0 Å². The number of carbonyl (C=O) groups is 1. The van der Waals surface area contributed by atoms with Crippen LogP contribution in [0.15, 0.2) is 24.0 Å². The summed E-state index contributed by atoms with van der Waals surface area (Å²) in [5, 5.41) is 10.3. The fraction of sp³-hybridized carbons (Fsp3) is 0.346. The summed E-state index contributed by atoms with van der Waals surface area (Å²) in [5.74, 6) is 1.43. The monoisotopic (exact) mass is 516 g/mol. The molecule has 0 aromatic heterocycles. The van der Waals surface area contributed by atoms with Crippen molar-refractivity contribution in [3.05, 3.63) is 40.6 Å². The summed E-state index contributed by atoms with van der Waals surface area (Å²) < 4.78 is 44.2. The molecule has 2 aromatic carbocycles. The highest BCUT2D eigenvalue weighted by Gasteiger charge is 2.43. The van der Waals surface area contributed by atoms with Gasteiger partial charge in [-0.3, -0.25) is 0 Å². The van der Waals surface area contributed by atoms with Gasteiger partial charge in [0.2, 0.25) is 0 Å². The number of benzene rings is 2. The summed E-state index contributed by atoms with van der Waals surface area (Å²) in [6, 6.07) is 4.98. The lowest BCUT2D eigenvalue weighted by molar-refractivity contribution is 0.0474. The Morgan fingerprint density at radius 1 is 0.865 bits per heavy atom. The lowest BCUT2D eigenvalue weighted by Crippen LogP contribution is -2.27. The molecule has 0 saturated carbocycles. The molecule has 0 bridgehead atoms. The molecule has 3 rings (SSSR count). The number of aromatic carboxylic acids is 1. The van der Waals surface area contributed by atoms with Gasteiger partial charge in [-0.15, -0.1) is 0 Å². The molecule has 1 atom stereocenters. The molecule has 1 unspecified atom stereocenters. The van der Waals surface area contributed by atoms with E-state index in [2.05, 4.69) is 0 Å². The van der Waals surface area contributed by atoms with Crippen LogP contribution < -0.4 is 18.9 Å². The molecule has 1 aliphatic carbocycles. The summed E-state index contributed by atoms with van der Waals surface area (Å²) in [6.45, 7) is -0.321. The number of hydrogen-bond donors (Lipinski definition) is 1. The average Bonchev–Trinajstić information content (AvgIpc) is 2.92. The Morgan fingerprint density at radius 3 is 2.05 bits per heavy atom. The van der Waals surface area contributed by atoms with Gasteiger partial charge in [0.15, 0.2) is 35.9 Å². The maximum absolute atomic E-state index is 12.6. The van der Waals surface area contributed by atoms with Crippen LogP contribution in [-0.2, 0) is 23.7 Å². The van der Waals surface area contributed by atoms with E-state index in [-0.39, 0.29) is 57.6 Å². The first-order valence-corrected chi connectivity index (χ1v) is 10.8. The van der Waals surface area contributed by atoms with Crippen molar-refractivity contribution >= 4 is 23.2 Å². The molecule has 1 N–H and O–H groups in total. The first-order chi connectivity index (χ1) is 17.9. The highest BCUT2D eigenvalue weighted by atomic mass is 16.7. The quantitative estimate of drug-likeness (QED) is 0.349. The Kier molecular flexibility index (Phi) is 8.67. The molecule has 37 heavy (non-hydrogen) atoms. The van der Waals surface area contributed by atoms with Gasteiger partial charge < -0.3 is 43.0 Å². The first kappa shape index (κ1) is 27.4. The van der Waals surface area contributed by atoms with Crippen LogP contribution in [0.25, 0.3) is 22.5 Å². The van der Waals surface area contributed by atoms with E-state index in [1.807, 2.05) is 5.94 Å². The largest absolute Gasteiger partial charge is 0.495 e. The van der Waals surface area contributed by atoms with Gasteiger partial charge in [-0.25, -0.2) is 9.59 Å². The molecule has 0 fully saturated rings. The summed E-state index contributed by atoms with van der Waals surface area (Å²) in [6.07, 6.45) is -1.07. The van der Waals surface area contributed by atoms with Gasteiger partial charge in [-0.05, 0) is 17.7 Å². The van der Waals surface area contributed by atoms with Crippen molar-refractivity contribution in [2.24, 2.45) is 0 Å². The third kappa shape index (κ3) is 4.55. The van der Waals surface area contributed by atoms with Gasteiger partial charge in [-0.2, -0.15) is 0 Å². The van der Waals surface area contributed by atoms with E-state index >= 15 is 0 Å². The van der Waals surface area contributed by atoms with Crippen LogP contribution in [0, 0.1) is 0 Å². The zero-order chi connectivity index (χ0) is 27.3. The van der Waals surface area contributed by atoms with Crippen molar-refractivity contribution in [2.75, 3.05) is 56.6 Å². The maximum atomic E-state index is 12.6. The van der Waals surface area contributed by atoms with Crippen LogP contribution in [-0.4, -0.2) is 79.7 Å². The molecule has 0 radical (unpaired) electrons. The Hall–Kier alpha value is -4.18. The predicted molar refractivity (Wildman–Crippen MR) is 132 cm³/mol. The highest BCUT2D eigenvalue weighted by Crippen LogP contribution is 2.54. The average molecular weight is 516 g/mol. The first-order valence-electron chi connectivity index (χ1n) is 10.8. The molecular formula is C26H28O11. The van der Waals surface area contributed by atoms with E-state index in [0.29, 0.717) is 17.1 Å². The Morgan fingerprint density at radius 2 is 1.57 bits per heavy atom. The molecule has 198 valence electrons. The third-order valence-electron chi connectivity index (χ3n) is 5.81. The van der Waals surface area contributed by atoms with Crippen molar-refractivity contribution in [2.45, 2.75) is 6.10 Å². The molecule has 0 spiro atoms. The second-order valence-corrected chi connectivity index (χ2v) is 7.52. The maximum Gasteiger partial charge on any atom is 0.343 e. The van der Waals surface area contributed by atoms with Crippen LogP contribution in [0.5, 0.6) is 23.0 Å². The minimum absolute atomic E-state index is 0.0595. The Labute approximate surface area is 213 Å². The summed E-state index contributed by atoms with van der Waals surface area (Å²) in [5.41, 5.74) is 0.688. The summed E-state index contributed by atoms with van der Waals surface area (Å²) >= 11 is 0. The second-order valence-electron chi connectivity index (χ2n) is 7.52. The number of fused-ring (bicyclic) bond motifs is 1. The van der Waals surface area contributed by atoms with E-state index in [1.54, 1.807) is 18.2 Å². The van der Waals surface area contributed by atoms with Gasteiger partial charge in [0.1, 0.15) is 23.0 Å². The van der Waals surface area contributed by atoms with Crippen LogP contribution in [0.3, 0.4) is 0 Å². The minimum Gasteiger partial charge on any atom is -0.495 e. The molecule has 0 saturated heterocycles. The highest BCUT2D eigenvalue weighted by molar-refractivity contribution is 6.10. The predicted octanol–water partition coefficient (Wildman–Crippen LogP) is 3.27. The minimum atomic E-state index is -1.37. The molecule has 0 heterocycles. The van der Waals surface area contributed by atoms with Crippen molar-refractivity contribution in [3.8, 4) is 34.1 Å². The Bertz CT molecular complexity index is 1270. The van der Waals surface area contributed by atoms with Crippen LogP contribution in [0.2, 0.25) is 0 Å². The summed E-state index contributed by atoms with van der Waals surface area (Å²) in [4.78, 5) is 25.0. The lowest BCUT2D eigenvalue weighted by atomic mass is 9.80. The van der Waals surface area contributed by atoms with Gasteiger partial charge >= 0.3 is 5.97 Å². The van der Waals surface area contributed by atoms with E-state index in [4.69, 9.17) is 37.9 Å². The van der Waals surface area contributed by atoms with Crippen molar-refractivity contribution in [3.63, 3.8) is 0 Å². The van der Waals surface area contributed by atoms with E-state index in [1.165, 1.54) is 49.8 Å². The number of ether oxygens (including phenoxy) is 8. The van der Waals surface area contributed by atoms with Crippen LogP contribution >= 0.6 is 0 Å². The zero-order valence-electron chi connectivity index (χ0n) is 21.5. The molecule has 11 nitrogen and oxygen atoms in total. The number of carboxylic acid groups (broad SMARTS) is 1. The number of hydrogen-bond acceptors (Lipinski definition) is 10. The molecular weight excluding hydrogens is 488 g/mol. The van der Waals surface area contributed by atoms with Gasteiger partial charge in [0.05, 0.1) is 41.1 Å². The normalized spacial score (nSPS) is 14.5. The fourth-order valence-electron chi connectivity index (χ4n) is 4.35. The van der Waals surface area contributed by atoms with E-state index < -0.39 is 12.1 Å². The van der Waals surface area contributed by atoms with Crippen molar-refractivity contribution in [1.82, 2.24) is 0 Å². The summed E-state index contributed by atoms with van der Waals surface area (Å²) in [7, 11) is 9.84. The van der Waals surface area contributed by atoms with Crippen molar-refractivity contribution in [1.29, 1.82) is 0 Å². The third-order valence-corrected chi connectivity index (χ3v) is 5.81. The van der Waals surface area contributed by atoms with Crippen molar-refractivity contribution < 1.29 is 52.6 Å². The van der Waals surface area contributed by atoms with Crippen LogP contribution in [0.1, 0.15) is 21.5 Å². The molecule has 11 heteroatoms.